The summed E-state index contributed by atoms with van der Waals surface area (Å²) in [6.07, 6.45) is 3.09. The molecule has 0 aliphatic carbocycles. The van der Waals surface area contributed by atoms with Gasteiger partial charge in [-0.15, -0.1) is 0 Å². The van der Waals surface area contributed by atoms with Crippen LogP contribution >= 0.6 is 0 Å². The van der Waals surface area contributed by atoms with Crippen LogP contribution in [0.2, 0.25) is 0 Å². The van der Waals surface area contributed by atoms with Crippen LogP contribution in [-0.4, -0.2) is 24.8 Å². The molecule has 0 saturated heterocycles. The molecule has 0 saturated carbocycles. The lowest BCUT2D eigenvalue weighted by atomic mass is 10.1. The van der Waals surface area contributed by atoms with Crippen LogP contribution in [0.3, 0.4) is 0 Å². The first-order chi connectivity index (χ1) is 19.9. The van der Waals surface area contributed by atoms with Gasteiger partial charge in [-0.3, -0.25) is 4.79 Å². The van der Waals surface area contributed by atoms with Gasteiger partial charge in [0.2, 0.25) is 0 Å². The van der Waals surface area contributed by atoms with Gasteiger partial charge in [0.25, 0.3) is 0 Å². The predicted octanol–water partition coefficient (Wildman–Crippen LogP) is 7.22. The lowest BCUT2D eigenvalue weighted by Gasteiger charge is -2.07. The van der Waals surface area contributed by atoms with E-state index in [1.807, 2.05) is 30.3 Å². The van der Waals surface area contributed by atoms with Crippen molar-refractivity contribution in [1.29, 1.82) is 0 Å². The average Bonchev–Trinajstić information content (AvgIpc) is 3.34. The van der Waals surface area contributed by atoms with Crippen molar-refractivity contribution in [3.63, 3.8) is 0 Å². The van der Waals surface area contributed by atoms with Gasteiger partial charge in [0.05, 0.1) is 12.7 Å². The quantitative estimate of drug-likeness (QED) is 0.0834. The maximum Gasteiger partial charge on any atom is 0.347 e. The van der Waals surface area contributed by atoms with Crippen molar-refractivity contribution in [3.8, 4) is 11.5 Å². The number of esters is 2. The third-order valence-corrected chi connectivity index (χ3v) is 6.40. The zero-order chi connectivity index (χ0) is 28.8. The van der Waals surface area contributed by atoms with Crippen LogP contribution in [0.15, 0.2) is 108 Å². The number of fused-ring (bicyclic) bond motifs is 1. The number of benzene rings is 4. The molecule has 0 spiro atoms. The predicted molar refractivity (Wildman–Crippen MR) is 154 cm³/mol. The first-order valence-electron chi connectivity index (χ1n) is 12.8. The molecule has 4 aromatic carbocycles. The van der Waals surface area contributed by atoms with E-state index < -0.39 is 11.9 Å². The topological polar surface area (TPSA) is 92.0 Å². The number of hydrogen-bond donors (Lipinski definition) is 0. The Hall–Kier alpha value is -5.43. The molecular weight excluding hydrogens is 520 g/mol. The largest absolute Gasteiger partial charge is 0.489 e. The van der Waals surface area contributed by atoms with E-state index in [0.29, 0.717) is 51.5 Å². The SMILES string of the molecule is COC(=O)c1ccc(/C=C/C(=O)c2ccc(OC(=O)c3c(C)oc4ccc(OCc5ccccc5)cc34)cc2)cc1. The van der Waals surface area contributed by atoms with Gasteiger partial charge in [0, 0.05) is 10.9 Å². The lowest BCUT2D eigenvalue weighted by Crippen LogP contribution is -2.09. The molecule has 5 aromatic rings. The Kier molecular flexibility index (Phi) is 8.06. The molecule has 1 heterocycles. The van der Waals surface area contributed by atoms with E-state index in [1.165, 1.54) is 13.2 Å². The van der Waals surface area contributed by atoms with Crippen molar-refractivity contribution >= 4 is 34.8 Å². The maximum atomic E-state index is 13.1. The molecule has 0 N–H and O–H groups in total. The number of aryl methyl sites for hydroxylation is 1. The smallest absolute Gasteiger partial charge is 0.347 e. The fourth-order valence-corrected chi connectivity index (χ4v) is 4.25. The molecule has 0 amide bonds. The molecule has 0 atom stereocenters. The van der Waals surface area contributed by atoms with Crippen molar-refractivity contribution in [1.82, 2.24) is 0 Å². The molecule has 0 aliphatic heterocycles. The second-order valence-electron chi connectivity index (χ2n) is 9.19. The number of allylic oxidation sites excluding steroid dienone is 1. The van der Waals surface area contributed by atoms with Crippen LogP contribution < -0.4 is 9.47 Å². The van der Waals surface area contributed by atoms with E-state index in [4.69, 9.17) is 13.9 Å². The fourth-order valence-electron chi connectivity index (χ4n) is 4.25. The molecule has 1 aromatic heterocycles. The molecule has 0 unspecified atom stereocenters. The summed E-state index contributed by atoms with van der Waals surface area (Å²) in [5.41, 5.74) is 3.50. The normalized spacial score (nSPS) is 11.0. The Balaban J connectivity index is 1.25. The Bertz CT molecular complexity index is 1730. The summed E-state index contributed by atoms with van der Waals surface area (Å²) >= 11 is 0. The van der Waals surface area contributed by atoms with Crippen LogP contribution in [0.4, 0.5) is 0 Å². The number of carbonyl (C=O) groups excluding carboxylic acids is 3. The molecule has 7 heteroatoms. The van der Waals surface area contributed by atoms with Gasteiger partial charge in [0.1, 0.15) is 35.0 Å². The third kappa shape index (κ3) is 6.42. The van der Waals surface area contributed by atoms with Crippen LogP contribution in [0.5, 0.6) is 11.5 Å². The highest BCUT2D eigenvalue weighted by Gasteiger charge is 2.21. The molecule has 0 fully saturated rings. The van der Waals surface area contributed by atoms with Crippen molar-refractivity contribution in [3.05, 3.63) is 137 Å². The zero-order valence-electron chi connectivity index (χ0n) is 22.5. The van der Waals surface area contributed by atoms with E-state index in [0.717, 1.165) is 11.1 Å². The van der Waals surface area contributed by atoms with E-state index in [1.54, 1.807) is 79.7 Å². The molecule has 0 aliphatic rings. The van der Waals surface area contributed by atoms with Crippen molar-refractivity contribution < 1.29 is 33.0 Å². The van der Waals surface area contributed by atoms with Gasteiger partial charge in [-0.05, 0) is 78.7 Å². The molecule has 0 bridgehead atoms. The number of methoxy groups -OCH3 is 1. The van der Waals surface area contributed by atoms with Gasteiger partial charge in [-0.1, -0.05) is 48.5 Å². The second kappa shape index (κ2) is 12.2. The summed E-state index contributed by atoms with van der Waals surface area (Å²) < 4.78 is 22.0. The number of furan rings is 1. The standard InChI is InChI=1S/C34H26O7/c1-22-32(29-20-28(17-19-31(29)40-22)39-21-24-6-4-3-5-7-24)34(37)41-27-15-13-25(14-16-27)30(35)18-10-23-8-11-26(12-9-23)33(36)38-2/h3-20H,21H2,1-2H3/b18-10+. The van der Waals surface area contributed by atoms with Gasteiger partial charge < -0.3 is 18.6 Å². The van der Waals surface area contributed by atoms with Gasteiger partial charge in [-0.25, -0.2) is 9.59 Å². The summed E-state index contributed by atoms with van der Waals surface area (Å²) in [4.78, 5) is 37.3. The zero-order valence-corrected chi connectivity index (χ0v) is 22.5. The average molecular weight is 547 g/mol. The summed E-state index contributed by atoms with van der Waals surface area (Å²) in [6, 6.07) is 28.1. The Labute approximate surface area is 236 Å². The maximum absolute atomic E-state index is 13.1. The van der Waals surface area contributed by atoms with E-state index in [2.05, 4.69) is 4.74 Å². The summed E-state index contributed by atoms with van der Waals surface area (Å²) in [5, 5.41) is 0.592. The summed E-state index contributed by atoms with van der Waals surface area (Å²) in [5.74, 6) is 0.106. The molecule has 7 nitrogen and oxygen atoms in total. The number of ketones is 1. The summed E-state index contributed by atoms with van der Waals surface area (Å²) in [6.45, 7) is 2.10. The number of rotatable bonds is 9. The van der Waals surface area contributed by atoms with Crippen LogP contribution in [0.25, 0.3) is 17.0 Å². The van der Waals surface area contributed by atoms with Crippen LogP contribution in [0.1, 0.15) is 48.0 Å². The molecule has 41 heavy (non-hydrogen) atoms. The van der Waals surface area contributed by atoms with Crippen molar-refractivity contribution in [2.24, 2.45) is 0 Å². The number of hydrogen-bond acceptors (Lipinski definition) is 7. The highest BCUT2D eigenvalue weighted by Crippen LogP contribution is 2.30. The van der Waals surface area contributed by atoms with Crippen molar-refractivity contribution in [2.45, 2.75) is 13.5 Å². The van der Waals surface area contributed by atoms with Gasteiger partial charge in [-0.2, -0.15) is 0 Å². The Morgan fingerprint density at radius 2 is 1.46 bits per heavy atom. The Morgan fingerprint density at radius 3 is 2.17 bits per heavy atom. The summed E-state index contributed by atoms with van der Waals surface area (Å²) in [7, 11) is 1.32. The van der Waals surface area contributed by atoms with Gasteiger partial charge in [0.15, 0.2) is 5.78 Å². The number of ether oxygens (including phenoxy) is 3. The minimum atomic E-state index is -0.573. The monoisotopic (exact) mass is 546 g/mol. The molecule has 5 rings (SSSR count). The minimum absolute atomic E-state index is 0.223. The van der Waals surface area contributed by atoms with E-state index >= 15 is 0 Å². The van der Waals surface area contributed by atoms with Crippen LogP contribution in [-0.2, 0) is 11.3 Å². The van der Waals surface area contributed by atoms with Crippen LogP contribution in [0, 0.1) is 6.92 Å². The lowest BCUT2D eigenvalue weighted by molar-refractivity contribution is 0.0600. The highest BCUT2D eigenvalue weighted by atomic mass is 16.5. The molecule has 204 valence electrons. The Morgan fingerprint density at radius 1 is 0.780 bits per heavy atom. The minimum Gasteiger partial charge on any atom is -0.489 e. The molecular formula is C34H26O7. The van der Waals surface area contributed by atoms with E-state index in [9.17, 15) is 14.4 Å². The highest BCUT2D eigenvalue weighted by molar-refractivity contribution is 6.07. The fraction of sp³-hybridized carbons (Fsp3) is 0.0882. The van der Waals surface area contributed by atoms with E-state index in [-0.39, 0.29) is 5.78 Å². The first kappa shape index (κ1) is 27.1. The van der Waals surface area contributed by atoms with Gasteiger partial charge >= 0.3 is 11.9 Å². The first-order valence-corrected chi connectivity index (χ1v) is 12.8. The second-order valence-corrected chi connectivity index (χ2v) is 9.19. The number of carbonyl (C=O) groups is 3. The van der Waals surface area contributed by atoms with Crippen molar-refractivity contribution in [2.75, 3.05) is 7.11 Å². The third-order valence-electron chi connectivity index (χ3n) is 6.40. The molecule has 0 radical (unpaired) electrons.